The van der Waals surface area contributed by atoms with Gasteiger partial charge in [-0.1, -0.05) is 124 Å². The van der Waals surface area contributed by atoms with Crippen molar-refractivity contribution in [3.05, 3.63) is 151 Å². The van der Waals surface area contributed by atoms with Crippen molar-refractivity contribution in [2.24, 2.45) is 0 Å². The molecule has 0 heterocycles. The first-order valence-electron chi connectivity index (χ1n) is 14.4. The van der Waals surface area contributed by atoms with E-state index >= 15 is 0 Å². The van der Waals surface area contributed by atoms with Gasteiger partial charge < -0.3 is 4.90 Å². The summed E-state index contributed by atoms with van der Waals surface area (Å²) in [6, 6.07) is 53.0. The van der Waals surface area contributed by atoms with E-state index in [1.54, 1.807) is 0 Å². The minimum atomic E-state index is 0.120. The Bertz CT molecular complexity index is 1960. The van der Waals surface area contributed by atoms with E-state index in [0.29, 0.717) is 0 Å². The largest absolute Gasteiger partial charge is 0.311 e. The third-order valence-electron chi connectivity index (χ3n) is 8.21. The SMILES string of the molecule is CC(C)(C)c1ccc(N(c2ccccc2)c2ccc(-c3ccc4c5ccccc5c5ccccc5c4c3)cc2)cc1. The lowest BCUT2D eigenvalue weighted by Gasteiger charge is -2.27. The van der Waals surface area contributed by atoms with Gasteiger partial charge in [-0.3, -0.25) is 0 Å². The Balaban J connectivity index is 1.31. The van der Waals surface area contributed by atoms with Crippen LogP contribution in [0.1, 0.15) is 26.3 Å². The van der Waals surface area contributed by atoms with Crippen LogP contribution in [0.4, 0.5) is 17.1 Å². The molecular weight excluding hydrogens is 494 g/mol. The molecular formula is C40H33N. The molecule has 0 N–H and O–H groups in total. The third-order valence-corrected chi connectivity index (χ3v) is 8.21. The quantitative estimate of drug-likeness (QED) is 0.206. The van der Waals surface area contributed by atoms with Crippen molar-refractivity contribution in [3.63, 3.8) is 0 Å². The molecule has 1 heteroatoms. The fraction of sp³-hybridized carbons (Fsp3) is 0.100. The van der Waals surface area contributed by atoms with Crippen LogP contribution in [-0.4, -0.2) is 0 Å². The number of para-hydroxylation sites is 1. The molecule has 0 atom stereocenters. The van der Waals surface area contributed by atoms with Crippen LogP contribution in [-0.2, 0) is 5.41 Å². The molecule has 0 fully saturated rings. The van der Waals surface area contributed by atoms with Gasteiger partial charge in [0.15, 0.2) is 0 Å². The monoisotopic (exact) mass is 527 g/mol. The average Bonchev–Trinajstić information content (AvgIpc) is 3.02. The molecule has 0 aliphatic rings. The maximum absolute atomic E-state index is 2.36. The summed E-state index contributed by atoms with van der Waals surface area (Å²) in [6.45, 7) is 6.77. The Labute approximate surface area is 242 Å². The summed E-state index contributed by atoms with van der Waals surface area (Å²) in [7, 11) is 0. The Morgan fingerprint density at radius 2 is 0.780 bits per heavy atom. The highest BCUT2D eigenvalue weighted by Crippen LogP contribution is 2.39. The van der Waals surface area contributed by atoms with Crippen molar-refractivity contribution in [2.75, 3.05) is 4.90 Å². The van der Waals surface area contributed by atoms with Gasteiger partial charge in [0.05, 0.1) is 0 Å². The van der Waals surface area contributed by atoms with Crippen LogP contribution < -0.4 is 4.90 Å². The first-order valence-corrected chi connectivity index (χ1v) is 14.4. The molecule has 0 aromatic heterocycles. The van der Waals surface area contributed by atoms with Gasteiger partial charge in [0, 0.05) is 17.1 Å². The van der Waals surface area contributed by atoms with E-state index < -0.39 is 0 Å². The first kappa shape index (κ1) is 25.1. The summed E-state index contributed by atoms with van der Waals surface area (Å²) in [5, 5.41) is 7.82. The molecule has 198 valence electrons. The smallest absolute Gasteiger partial charge is 0.0462 e. The number of hydrogen-bond donors (Lipinski definition) is 0. The Hall–Kier alpha value is -4.88. The molecule has 0 unspecified atom stereocenters. The van der Waals surface area contributed by atoms with Crippen LogP contribution in [0.3, 0.4) is 0 Å². The number of hydrogen-bond acceptors (Lipinski definition) is 1. The molecule has 0 saturated heterocycles. The van der Waals surface area contributed by atoms with E-state index in [1.807, 2.05) is 0 Å². The standard InChI is InChI=1S/C40H33N/c1-40(2,3)30-20-24-33(25-21-30)41(31-11-5-4-6-12-31)32-22-17-28(18-23-32)29-19-26-38-36-15-8-7-13-34(36)35-14-9-10-16-37(35)39(38)27-29/h4-27H,1-3H3. The molecule has 0 spiro atoms. The van der Waals surface area contributed by atoms with E-state index in [-0.39, 0.29) is 5.41 Å². The summed E-state index contributed by atoms with van der Waals surface area (Å²) in [5.41, 5.74) is 7.33. The minimum Gasteiger partial charge on any atom is -0.311 e. The maximum Gasteiger partial charge on any atom is 0.0462 e. The molecule has 7 aromatic carbocycles. The lowest BCUT2D eigenvalue weighted by Crippen LogP contribution is -2.13. The second-order valence-electron chi connectivity index (χ2n) is 11.9. The highest BCUT2D eigenvalue weighted by Gasteiger charge is 2.17. The predicted molar refractivity (Wildman–Crippen MR) is 178 cm³/mol. The zero-order valence-corrected chi connectivity index (χ0v) is 23.8. The highest BCUT2D eigenvalue weighted by molar-refractivity contribution is 6.25. The van der Waals surface area contributed by atoms with Crippen LogP contribution in [0.5, 0.6) is 0 Å². The summed E-state index contributed by atoms with van der Waals surface area (Å²) in [4.78, 5) is 2.33. The zero-order valence-electron chi connectivity index (χ0n) is 23.8. The molecule has 0 aliphatic carbocycles. The van der Waals surface area contributed by atoms with Gasteiger partial charge in [-0.25, -0.2) is 0 Å². The third kappa shape index (κ3) is 4.54. The number of rotatable bonds is 4. The van der Waals surface area contributed by atoms with Crippen molar-refractivity contribution in [1.82, 2.24) is 0 Å². The average molecular weight is 528 g/mol. The molecule has 41 heavy (non-hydrogen) atoms. The summed E-state index contributed by atoms with van der Waals surface area (Å²) < 4.78 is 0. The van der Waals surface area contributed by atoms with Crippen LogP contribution >= 0.6 is 0 Å². The van der Waals surface area contributed by atoms with E-state index in [9.17, 15) is 0 Å². The second kappa shape index (κ2) is 9.94. The highest BCUT2D eigenvalue weighted by atomic mass is 15.1. The Morgan fingerprint density at radius 1 is 0.366 bits per heavy atom. The maximum atomic E-state index is 2.36. The molecule has 0 saturated carbocycles. The normalized spacial score (nSPS) is 11.8. The lowest BCUT2D eigenvalue weighted by molar-refractivity contribution is 0.590. The number of nitrogens with zero attached hydrogens (tertiary/aromatic N) is 1. The molecule has 0 aliphatic heterocycles. The number of anilines is 3. The van der Waals surface area contributed by atoms with Crippen LogP contribution in [0.15, 0.2) is 146 Å². The van der Waals surface area contributed by atoms with Crippen LogP contribution in [0, 0.1) is 0 Å². The van der Waals surface area contributed by atoms with E-state index in [0.717, 1.165) is 17.1 Å². The van der Waals surface area contributed by atoms with Gasteiger partial charge in [-0.05, 0) is 96.9 Å². The van der Waals surface area contributed by atoms with Crippen molar-refractivity contribution in [3.8, 4) is 11.1 Å². The van der Waals surface area contributed by atoms with Crippen molar-refractivity contribution in [1.29, 1.82) is 0 Å². The van der Waals surface area contributed by atoms with Crippen molar-refractivity contribution in [2.45, 2.75) is 26.2 Å². The Kier molecular flexibility index (Phi) is 6.09. The lowest BCUT2D eigenvalue weighted by atomic mass is 9.87. The summed E-state index contributed by atoms with van der Waals surface area (Å²) in [6.07, 6.45) is 0. The molecule has 7 rings (SSSR count). The topological polar surface area (TPSA) is 3.24 Å². The van der Waals surface area contributed by atoms with Crippen LogP contribution in [0.25, 0.3) is 43.4 Å². The van der Waals surface area contributed by atoms with Gasteiger partial charge in [0.1, 0.15) is 0 Å². The first-order chi connectivity index (χ1) is 20.0. The fourth-order valence-corrected chi connectivity index (χ4v) is 6.02. The molecule has 0 amide bonds. The number of fused-ring (bicyclic) bond motifs is 6. The Morgan fingerprint density at radius 3 is 1.32 bits per heavy atom. The van der Waals surface area contributed by atoms with Gasteiger partial charge in [0.25, 0.3) is 0 Å². The van der Waals surface area contributed by atoms with Gasteiger partial charge in [-0.15, -0.1) is 0 Å². The summed E-state index contributed by atoms with van der Waals surface area (Å²) >= 11 is 0. The summed E-state index contributed by atoms with van der Waals surface area (Å²) in [5.74, 6) is 0. The van der Waals surface area contributed by atoms with Gasteiger partial charge >= 0.3 is 0 Å². The fourth-order valence-electron chi connectivity index (χ4n) is 6.02. The minimum absolute atomic E-state index is 0.120. The molecule has 1 nitrogen and oxygen atoms in total. The second-order valence-corrected chi connectivity index (χ2v) is 11.9. The molecule has 0 radical (unpaired) electrons. The van der Waals surface area contributed by atoms with Crippen molar-refractivity contribution < 1.29 is 0 Å². The van der Waals surface area contributed by atoms with E-state index in [1.165, 1.54) is 49.0 Å². The van der Waals surface area contributed by atoms with E-state index in [2.05, 4.69) is 171 Å². The van der Waals surface area contributed by atoms with Gasteiger partial charge in [0.2, 0.25) is 0 Å². The van der Waals surface area contributed by atoms with Crippen LogP contribution in [0.2, 0.25) is 0 Å². The van der Waals surface area contributed by atoms with Crippen molar-refractivity contribution >= 4 is 49.4 Å². The molecule has 7 aromatic rings. The zero-order chi connectivity index (χ0) is 28.0. The van der Waals surface area contributed by atoms with E-state index in [4.69, 9.17) is 0 Å². The molecule has 0 bridgehead atoms. The predicted octanol–water partition coefficient (Wildman–Crippen LogP) is 11.6. The van der Waals surface area contributed by atoms with Gasteiger partial charge in [-0.2, -0.15) is 0 Å². The number of benzene rings is 7.